The minimum Gasteiger partial charge on any atom is -0.493 e. The lowest BCUT2D eigenvalue weighted by Gasteiger charge is -2.21. The third-order valence-electron chi connectivity index (χ3n) is 6.25. The summed E-state index contributed by atoms with van der Waals surface area (Å²) in [5.74, 6) is -1.04. The number of Topliss-reactive ketones (excluding diaryl/α,β-unsaturated/α-hetero) is 1. The Kier molecular flexibility index (Phi) is 10.7. The number of hydrogen-bond donors (Lipinski definition) is 1. The van der Waals surface area contributed by atoms with E-state index in [0.717, 1.165) is 15.6 Å². The van der Waals surface area contributed by atoms with E-state index in [2.05, 4.69) is 5.32 Å². The summed E-state index contributed by atoms with van der Waals surface area (Å²) in [6.45, 7) is 3.55. The molecule has 0 spiro atoms. The molecule has 4 aromatic rings. The van der Waals surface area contributed by atoms with Gasteiger partial charge in [-0.25, -0.2) is 13.2 Å². The molecule has 0 aliphatic carbocycles. The largest absolute Gasteiger partial charge is 0.493 e. The van der Waals surface area contributed by atoms with Gasteiger partial charge in [-0.2, -0.15) is 0 Å². The molecule has 0 fully saturated rings. The molecule has 1 aromatic heterocycles. The van der Waals surface area contributed by atoms with Crippen molar-refractivity contribution in [2.45, 2.75) is 18.7 Å². The maximum Gasteiger partial charge on any atom is 0.343 e. The van der Waals surface area contributed by atoms with Gasteiger partial charge in [-0.05, 0) is 62.4 Å². The summed E-state index contributed by atoms with van der Waals surface area (Å²) in [6, 6.07) is 14.0. The van der Waals surface area contributed by atoms with Gasteiger partial charge in [-0.3, -0.25) is 13.9 Å². The normalized spacial score (nSPS) is 11.1. The topological polar surface area (TPSA) is 128 Å². The van der Waals surface area contributed by atoms with Crippen molar-refractivity contribution in [1.29, 1.82) is 0 Å². The molecule has 0 aliphatic heterocycles. The van der Waals surface area contributed by atoms with Crippen molar-refractivity contribution >= 4 is 85.2 Å². The minimum atomic E-state index is -4.30. The Bertz CT molecular complexity index is 1910. The standard InChI is InChI=1S/C30H25Cl3N2O8S2/c1-5-42-24-9-6-20(13-25(24)41-4)35(3)45(39,40)26-15-27(33)44-28(26)29(37)34-19-11-17(10-18(31)12-19)30(38)43-21-7-8-22(16(2)36)23(32)14-21/h6-15H,5H2,1-4H3,(H,34,37). The first kappa shape index (κ1) is 34.1. The van der Waals surface area contributed by atoms with Crippen LogP contribution in [0.2, 0.25) is 14.4 Å². The number of ether oxygens (including phenoxy) is 3. The Hall–Kier alpha value is -3.81. The Morgan fingerprint density at radius 3 is 2.33 bits per heavy atom. The molecule has 15 heteroatoms. The van der Waals surface area contributed by atoms with Crippen molar-refractivity contribution in [1.82, 2.24) is 0 Å². The van der Waals surface area contributed by atoms with Crippen LogP contribution in [0.4, 0.5) is 11.4 Å². The van der Waals surface area contributed by atoms with Crippen LogP contribution >= 0.6 is 46.1 Å². The third-order valence-corrected chi connectivity index (χ3v) is 9.98. The van der Waals surface area contributed by atoms with Crippen LogP contribution in [-0.2, 0) is 10.0 Å². The number of carbonyl (C=O) groups excluding carboxylic acids is 3. The fourth-order valence-electron chi connectivity index (χ4n) is 4.09. The highest BCUT2D eigenvalue weighted by Gasteiger charge is 2.31. The van der Waals surface area contributed by atoms with Crippen LogP contribution in [0.3, 0.4) is 0 Å². The number of ketones is 1. The van der Waals surface area contributed by atoms with Gasteiger partial charge in [-0.15, -0.1) is 11.3 Å². The number of halogens is 3. The number of nitrogens with one attached hydrogen (secondary N) is 1. The summed E-state index contributed by atoms with van der Waals surface area (Å²) in [6.07, 6.45) is 0. The molecular weight excluding hydrogens is 687 g/mol. The molecule has 0 atom stereocenters. The number of methoxy groups -OCH3 is 1. The quantitative estimate of drug-likeness (QED) is 0.0957. The summed E-state index contributed by atoms with van der Waals surface area (Å²) in [5.41, 5.74) is 0.580. The number of benzene rings is 3. The molecule has 0 radical (unpaired) electrons. The molecule has 10 nitrogen and oxygen atoms in total. The van der Waals surface area contributed by atoms with E-state index < -0.39 is 21.9 Å². The zero-order chi connectivity index (χ0) is 33.1. The highest BCUT2D eigenvalue weighted by Crippen LogP contribution is 2.37. The lowest BCUT2D eigenvalue weighted by molar-refractivity contribution is 0.0734. The minimum absolute atomic E-state index is 0.0224. The van der Waals surface area contributed by atoms with Gasteiger partial charge in [0.2, 0.25) is 0 Å². The van der Waals surface area contributed by atoms with Crippen molar-refractivity contribution in [3.05, 3.63) is 91.0 Å². The van der Waals surface area contributed by atoms with Gasteiger partial charge >= 0.3 is 5.97 Å². The molecule has 1 amide bonds. The summed E-state index contributed by atoms with van der Waals surface area (Å²) in [4.78, 5) is 37.4. The maximum absolute atomic E-state index is 13.7. The predicted octanol–water partition coefficient (Wildman–Crippen LogP) is 7.61. The highest BCUT2D eigenvalue weighted by molar-refractivity contribution is 7.93. The molecule has 3 aromatic carbocycles. The maximum atomic E-state index is 13.7. The van der Waals surface area contributed by atoms with E-state index in [9.17, 15) is 22.8 Å². The second kappa shape index (κ2) is 14.1. The molecule has 1 heterocycles. The molecular formula is C30H25Cl3N2O8S2. The molecule has 1 N–H and O–H groups in total. The highest BCUT2D eigenvalue weighted by atomic mass is 35.5. The van der Waals surface area contributed by atoms with Gasteiger partial charge in [0.1, 0.15) is 15.5 Å². The number of nitrogens with zero attached hydrogens (tertiary/aromatic N) is 1. The Labute approximate surface area is 278 Å². The number of anilines is 2. The van der Waals surface area contributed by atoms with Crippen LogP contribution in [-0.4, -0.2) is 46.8 Å². The Morgan fingerprint density at radius 1 is 0.956 bits per heavy atom. The predicted molar refractivity (Wildman–Crippen MR) is 175 cm³/mol. The summed E-state index contributed by atoms with van der Waals surface area (Å²) in [7, 11) is -1.54. The second-order valence-corrected chi connectivity index (χ2v) is 13.7. The average molecular weight is 712 g/mol. The van der Waals surface area contributed by atoms with Crippen LogP contribution in [0.5, 0.6) is 17.2 Å². The van der Waals surface area contributed by atoms with E-state index >= 15 is 0 Å². The van der Waals surface area contributed by atoms with E-state index in [-0.39, 0.29) is 58.2 Å². The van der Waals surface area contributed by atoms with E-state index in [1.165, 1.54) is 75.7 Å². The first-order valence-corrected chi connectivity index (χ1v) is 16.4. The van der Waals surface area contributed by atoms with Crippen LogP contribution in [0.1, 0.15) is 44.2 Å². The summed E-state index contributed by atoms with van der Waals surface area (Å²) < 4.78 is 44.6. The lowest BCUT2D eigenvalue weighted by atomic mass is 10.1. The molecule has 236 valence electrons. The van der Waals surface area contributed by atoms with Crippen molar-refractivity contribution in [3.63, 3.8) is 0 Å². The third kappa shape index (κ3) is 7.71. The van der Waals surface area contributed by atoms with Crippen molar-refractivity contribution in [3.8, 4) is 17.2 Å². The number of rotatable bonds is 11. The number of esters is 1. The zero-order valence-corrected chi connectivity index (χ0v) is 28.0. The van der Waals surface area contributed by atoms with Crippen LogP contribution in [0.15, 0.2) is 65.6 Å². The fourth-order valence-corrected chi connectivity index (χ4v) is 7.50. The molecule has 0 saturated heterocycles. The van der Waals surface area contributed by atoms with E-state index in [0.29, 0.717) is 18.1 Å². The van der Waals surface area contributed by atoms with Gasteiger partial charge in [0.25, 0.3) is 15.9 Å². The number of amides is 1. The van der Waals surface area contributed by atoms with Gasteiger partial charge in [0.15, 0.2) is 17.3 Å². The molecule has 0 saturated carbocycles. The Balaban J connectivity index is 1.58. The van der Waals surface area contributed by atoms with Crippen LogP contribution < -0.4 is 23.8 Å². The molecule has 4 rings (SSSR count). The summed E-state index contributed by atoms with van der Waals surface area (Å²) in [5, 5.41) is 2.77. The average Bonchev–Trinajstić information content (AvgIpc) is 3.39. The molecule has 45 heavy (non-hydrogen) atoms. The van der Waals surface area contributed by atoms with E-state index in [1.54, 1.807) is 13.0 Å². The number of thiophene rings is 1. The number of hydrogen-bond acceptors (Lipinski definition) is 9. The monoisotopic (exact) mass is 710 g/mol. The zero-order valence-electron chi connectivity index (χ0n) is 24.1. The van der Waals surface area contributed by atoms with Gasteiger partial charge < -0.3 is 19.5 Å². The molecule has 0 bridgehead atoms. The fraction of sp³-hybridized carbons (Fsp3) is 0.167. The van der Waals surface area contributed by atoms with Crippen molar-refractivity contribution < 1.29 is 37.0 Å². The van der Waals surface area contributed by atoms with E-state index in [4.69, 9.17) is 49.0 Å². The van der Waals surface area contributed by atoms with Crippen molar-refractivity contribution in [2.75, 3.05) is 30.4 Å². The van der Waals surface area contributed by atoms with Gasteiger partial charge in [0.05, 0.1) is 34.3 Å². The van der Waals surface area contributed by atoms with Crippen LogP contribution in [0.25, 0.3) is 0 Å². The first-order chi connectivity index (χ1) is 21.2. The lowest BCUT2D eigenvalue weighted by Crippen LogP contribution is -2.28. The number of sulfonamides is 1. The van der Waals surface area contributed by atoms with Crippen molar-refractivity contribution in [2.24, 2.45) is 0 Å². The number of carbonyl (C=O) groups is 3. The van der Waals surface area contributed by atoms with Gasteiger partial charge in [-0.1, -0.05) is 34.8 Å². The molecule has 0 unspecified atom stereocenters. The smallest absolute Gasteiger partial charge is 0.343 e. The second-order valence-electron chi connectivity index (χ2n) is 9.25. The van der Waals surface area contributed by atoms with E-state index in [1.807, 2.05) is 0 Å². The van der Waals surface area contributed by atoms with Gasteiger partial charge in [0, 0.05) is 35.5 Å². The molecule has 0 aliphatic rings. The van der Waals surface area contributed by atoms with Crippen LogP contribution in [0, 0.1) is 0 Å². The SMILES string of the molecule is CCOc1ccc(N(C)S(=O)(=O)c2cc(Cl)sc2C(=O)Nc2cc(Cl)cc(C(=O)Oc3ccc(C(C)=O)c(Cl)c3)c2)cc1OC. The first-order valence-electron chi connectivity index (χ1n) is 13.0. The summed E-state index contributed by atoms with van der Waals surface area (Å²) >= 11 is 19.3. The Morgan fingerprint density at radius 2 is 1.69 bits per heavy atom.